The van der Waals surface area contributed by atoms with Gasteiger partial charge in [-0.05, 0) is 43.6 Å². The predicted molar refractivity (Wildman–Crippen MR) is 94.1 cm³/mol. The molecule has 1 aliphatic heterocycles. The van der Waals surface area contributed by atoms with Gasteiger partial charge in [0.25, 0.3) is 0 Å². The van der Waals surface area contributed by atoms with E-state index in [9.17, 15) is 5.02 Å². The summed E-state index contributed by atoms with van der Waals surface area (Å²) in [4.78, 5) is 0. The zero-order valence-corrected chi connectivity index (χ0v) is 12.0. The van der Waals surface area contributed by atoms with Crippen molar-refractivity contribution in [2.75, 3.05) is 0 Å². The van der Waals surface area contributed by atoms with Gasteiger partial charge in [0.05, 0.1) is 0 Å². The molecule has 102 valence electrons. The third kappa shape index (κ3) is 1.43. The van der Waals surface area contributed by atoms with E-state index in [-0.39, 0.29) is 0 Å². The van der Waals surface area contributed by atoms with E-state index in [1.165, 1.54) is 21.7 Å². The molecule has 1 nitrogen and oxygen atoms in total. The van der Waals surface area contributed by atoms with Gasteiger partial charge in [0, 0.05) is 0 Å². The molecule has 4 aromatic carbocycles. The maximum absolute atomic E-state index is 11.0. The van der Waals surface area contributed by atoms with Crippen molar-refractivity contribution in [2.45, 2.75) is 0 Å². The van der Waals surface area contributed by atoms with Gasteiger partial charge in [-0.2, -0.15) is 0 Å². The number of hydrogen-bond donors (Lipinski definition) is 1. The van der Waals surface area contributed by atoms with E-state index in [1.54, 1.807) is 0 Å². The van der Waals surface area contributed by atoms with Gasteiger partial charge in [0.15, 0.2) is 0 Å². The van der Waals surface area contributed by atoms with Crippen molar-refractivity contribution < 1.29 is 5.02 Å². The van der Waals surface area contributed by atoms with Crippen molar-refractivity contribution in [3.8, 4) is 11.1 Å². The van der Waals surface area contributed by atoms with Gasteiger partial charge in [-0.3, -0.25) is 0 Å². The van der Waals surface area contributed by atoms with E-state index < -0.39 is 6.92 Å². The summed E-state index contributed by atoms with van der Waals surface area (Å²) in [5.41, 5.74) is 4.41. The summed E-state index contributed by atoms with van der Waals surface area (Å²) < 4.78 is 0. The summed E-state index contributed by atoms with van der Waals surface area (Å²) in [6.45, 7) is -0.570. The Bertz CT molecular complexity index is 1050. The van der Waals surface area contributed by atoms with E-state index in [4.69, 9.17) is 0 Å². The highest BCUT2D eigenvalue weighted by molar-refractivity contribution is 6.85. The zero-order chi connectivity index (χ0) is 14.7. The smallest absolute Gasteiger partial charge is 0.360 e. The Morgan fingerprint density at radius 1 is 0.636 bits per heavy atom. The highest BCUT2D eigenvalue weighted by atomic mass is 16.2. The van der Waals surface area contributed by atoms with E-state index >= 15 is 0 Å². The lowest BCUT2D eigenvalue weighted by Crippen LogP contribution is -2.46. The van der Waals surface area contributed by atoms with Crippen LogP contribution in [-0.4, -0.2) is 11.9 Å². The third-order valence-corrected chi connectivity index (χ3v) is 4.77. The molecule has 0 aliphatic carbocycles. The minimum atomic E-state index is -0.570. The van der Waals surface area contributed by atoms with Gasteiger partial charge < -0.3 is 5.02 Å². The fourth-order valence-electron chi connectivity index (χ4n) is 3.80. The summed E-state index contributed by atoms with van der Waals surface area (Å²) in [6, 6.07) is 25.1. The second kappa shape index (κ2) is 4.22. The van der Waals surface area contributed by atoms with Crippen LogP contribution in [0.4, 0.5) is 0 Å². The Labute approximate surface area is 128 Å². The van der Waals surface area contributed by atoms with E-state index in [0.29, 0.717) is 0 Å². The third-order valence-electron chi connectivity index (χ3n) is 4.77. The first kappa shape index (κ1) is 12.0. The van der Waals surface area contributed by atoms with Crippen molar-refractivity contribution in [2.24, 2.45) is 0 Å². The molecule has 0 unspecified atom stereocenters. The fourth-order valence-corrected chi connectivity index (χ4v) is 3.80. The van der Waals surface area contributed by atoms with Gasteiger partial charge in [-0.25, -0.2) is 0 Å². The summed E-state index contributed by atoms with van der Waals surface area (Å²) in [6.07, 6.45) is 0. The summed E-state index contributed by atoms with van der Waals surface area (Å²) in [7, 11) is 0. The fraction of sp³-hybridized carbons (Fsp3) is 0. The lowest BCUT2D eigenvalue weighted by molar-refractivity contribution is 0.601. The lowest BCUT2D eigenvalue weighted by atomic mass is 9.49. The highest BCUT2D eigenvalue weighted by Crippen LogP contribution is 2.32. The standard InChI is InChI=1S/C20H13BO/c22-21-18-10-4-7-14-6-3-9-16(19(14)18)17-12-11-13-5-1-2-8-15(13)20(17)21/h1-12,22H. The Hall–Kier alpha value is -2.58. The van der Waals surface area contributed by atoms with Crippen LogP contribution in [-0.2, 0) is 0 Å². The number of benzene rings is 4. The average molecular weight is 280 g/mol. The monoisotopic (exact) mass is 280 g/mol. The van der Waals surface area contributed by atoms with Crippen LogP contribution in [0.3, 0.4) is 0 Å². The van der Waals surface area contributed by atoms with Gasteiger partial charge in [0.2, 0.25) is 0 Å². The Morgan fingerprint density at radius 2 is 1.41 bits per heavy atom. The topological polar surface area (TPSA) is 20.2 Å². The summed E-state index contributed by atoms with van der Waals surface area (Å²) in [5, 5.41) is 15.7. The first-order valence-corrected chi connectivity index (χ1v) is 7.56. The molecule has 0 fully saturated rings. The summed E-state index contributed by atoms with van der Waals surface area (Å²) >= 11 is 0. The lowest BCUT2D eigenvalue weighted by Gasteiger charge is -2.24. The van der Waals surface area contributed by atoms with Gasteiger partial charge >= 0.3 is 6.92 Å². The average Bonchev–Trinajstić information content (AvgIpc) is 2.58. The van der Waals surface area contributed by atoms with Gasteiger partial charge in [-0.15, -0.1) is 0 Å². The molecule has 0 bridgehead atoms. The maximum atomic E-state index is 11.0. The molecule has 0 aromatic heterocycles. The Balaban J connectivity index is 2.02. The molecule has 0 atom stereocenters. The summed E-state index contributed by atoms with van der Waals surface area (Å²) in [5.74, 6) is 0. The van der Waals surface area contributed by atoms with E-state index in [1.807, 2.05) is 24.3 Å². The minimum absolute atomic E-state index is 0.570. The van der Waals surface area contributed by atoms with Crippen molar-refractivity contribution in [3.05, 3.63) is 72.8 Å². The largest absolute Gasteiger partial charge is 0.443 e. The molecule has 2 heteroatoms. The molecule has 0 spiro atoms. The van der Waals surface area contributed by atoms with Crippen LogP contribution in [0.15, 0.2) is 72.8 Å². The highest BCUT2D eigenvalue weighted by Gasteiger charge is 2.30. The second-order valence-corrected chi connectivity index (χ2v) is 5.90. The van der Waals surface area contributed by atoms with Crippen LogP contribution in [0.25, 0.3) is 32.7 Å². The number of hydrogen-bond acceptors (Lipinski definition) is 1. The second-order valence-electron chi connectivity index (χ2n) is 5.90. The molecule has 0 saturated heterocycles. The molecule has 4 aromatic rings. The van der Waals surface area contributed by atoms with E-state index in [0.717, 1.165) is 21.9 Å². The normalized spacial score (nSPS) is 12.7. The van der Waals surface area contributed by atoms with Gasteiger partial charge in [-0.1, -0.05) is 72.8 Å². The first-order chi connectivity index (χ1) is 10.8. The molecule has 1 N–H and O–H groups in total. The van der Waals surface area contributed by atoms with Crippen LogP contribution in [0, 0.1) is 0 Å². The molecule has 22 heavy (non-hydrogen) atoms. The van der Waals surface area contributed by atoms with Crippen LogP contribution in [0.5, 0.6) is 0 Å². The van der Waals surface area contributed by atoms with Crippen molar-refractivity contribution in [1.29, 1.82) is 0 Å². The van der Waals surface area contributed by atoms with E-state index in [2.05, 4.69) is 48.5 Å². The number of fused-ring (bicyclic) bond motifs is 4. The quantitative estimate of drug-likeness (QED) is 0.491. The Kier molecular flexibility index (Phi) is 2.30. The minimum Gasteiger partial charge on any atom is -0.443 e. The van der Waals surface area contributed by atoms with Crippen molar-refractivity contribution in [3.63, 3.8) is 0 Å². The van der Waals surface area contributed by atoms with Crippen LogP contribution >= 0.6 is 0 Å². The molecule has 0 radical (unpaired) electrons. The molecule has 5 rings (SSSR count). The number of rotatable bonds is 0. The molecule has 0 saturated carbocycles. The predicted octanol–water partition coefficient (Wildman–Crippen LogP) is 3.07. The molecular weight excluding hydrogens is 267 g/mol. The van der Waals surface area contributed by atoms with Gasteiger partial charge in [0.1, 0.15) is 0 Å². The molecule has 1 aliphatic rings. The SMILES string of the molecule is OB1c2c(ccc3ccccc23)-c2cccc3cccc1c23. The molecular formula is C20H13BO. The Morgan fingerprint density at radius 3 is 2.32 bits per heavy atom. The first-order valence-electron chi connectivity index (χ1n) is 7.56. The van der Waals surface area contributed by atoms with Crippen molar-refractivity contribution in [1.82, 2.24) is 0 Å². The molecule has 0 amide bonds. The van der Waals surface area contributed by atoms with Crippen molar-refractivity contribution >= 4 is 39.4 Å². The molecule has 1 heterocycles. The van der Waals surface area contributed by atoms with Crippen LogP contribution < -0.4 is 10.9 Å². The zero-order valence-electron chi connectivity index (χ0n) is 12.0. The van der Waals surface area contributed by atoms with Crippen LogP contribution in [0.1, 0.15) is 0 Å². The van der Waals surface area contributed by atoms with Crippen LogP contribution in [0.2, 0.25) is 0 Å². The maximum Gasteiger partial charge on any atom is 0.360 e.